The van der Waals surface area contributed by atoms with Crippen LogP contribution < -0.4 is 5.73 Å². The zero-order valence-corrected chi connectivity index (χ0v) is 12.0. The number of rotatable bonds is 2. The van der Waals surface area contributed by atoms with Gasteiger partial charge >= 0.3 is 0 Å². The van der Waals surface area contributed by atoms with Crippen molar-refractivity contribution in [3.63, 3.8) is 0 Å². The number of nitrogen functional groups attached to an aromatic ring is 1. The van der Waals surface area contributed by atoms with Crippen LogP contribution in [0.15, 0.2) is 42.6 Å². The monoisotopic (exact) mass is 302 g/mol. The lowest BCUT2D eigenvalue weighted by Gasteiger charge is -2.04. The van der Waals surface area contributed by atoms with E-state index in [0.29, 0.717) is 22.2 Å². The fourth-order valence-corrected chi connectivity index (χ4v) is 2.26. The maximum atomic E-state index is 13.0. The highest BCUT2D eigenvalue weighted by atomic mass is 35.5. The van der Waals surface area contributed by atoms with Gasteiger partial charge in [0.25, 0.3) is 0 Å². The van der Waals surface area contributed by atoms with Crippen LogP contribution in [-0.2, 0) is 7.05 Å². The minimum Gasteiger partial charge on any atom is -0.383 e. The standard InChI is InChI=1S/C15H12ClFN4/c1-21-15(18)13(9-2-4-10(16)5-3-9)14(20-21)12-7-6-11(17)8-19-12/h2-8H,18H2,1H3. The molecule has 0 aliphatic rings. The topological polar surface area (TPSA) is 56.7 Å². The maximum absolute atomic E-state index is 13.0. The first kappa shape index (κ1) is 13.6. The second kappa shape index (κ2) is 5.18. The lowest BCUT2D eigenvalue weighted by Crippen LogP contribution is -1.97. The van der Waals surface area contributed by atoms with Crippen LogP contribution in [0.1, 0.15) is 0 Å². The number of benzene rings is 1. The summed E-state index contributed by atoms with van der Waals surface area (Å²) in [4.78, 5) is 4.07. The molecule has 0 saturated heterocycles. The number of hydrogen-bond acceptors (Lipinski definition) is 3. The fraction of sp³-hybridized carbons (Fsp3) is 0.0667. The number of anilines is 1. The Bertz CT molecular complexity index is 779. The van der Waals surface area contributed by atoms with Crippen LogP contribution in [0.3, 0.4) is 0 Å². The maximum Gasteiger partial charge on any atom is 0.141 e. The summed E-state index contributed by atoms with van der Waals surface area (Å²) >= 11 is 5.91. The zero-order chi connectivity index (χ0) is 15.0. The first-order valence-corrected chi connectivity index (χ1v) is 6.64. The van der Waals surface area contributed by atoms with Gasteiger partial charge in [0.2, 0.25) is 0 Å². The molecular formula is C15H12ClFN4. The summed E-state index contributed by atoms with van der Waals surface area (Å²) in [6, 6.07) is 10.2. The highest BCUT2D eigenvalue weighted by molar-refractivity contribution is 6.30. The van der Waals surface area contributed by atoms with Crippen molar-refractivity contribution >= 4 is 17.4 Å². The first-order valence-electron chi connectivity index (χ1n) is 6.26. The third-order valence-corrected chi connectivity index (χ3v) is 3.45. The van der Waals surface area contributed by atoms with Gasteiger partial charge in [-0.05, 0) is 29.8 Å². The molecule has 2 N–H and O–H groups in total. The minimum atomic E-state index is -0.393. The third-order valence-electron chi connectivity index (χ3n) is 3.19. The summed E-state index contributed by atoms with van der Waals surface area (Å²) in [5.74, 6) is 0.120. The second-order valence-electron chi connectivity index (χ2n) is 4.60. The van der Waals surface area contributed by atoms with Crippen molar-refractivity contribution in [3.05, 3.63) is 53.4 Å². The molecule has 0 atom stereocenters. The van der Waals surface area contributed by atoms with E-state index in [1.165, 1.54) is 6.07 Å². The number of pyridine rings is 1. The fourth-order valence-electron chi connectivity index (χ4n) is 2.13. The molecule has 0 spiro atoms. The Hall–Kier alpha value is -2.40. The van der Waals surface area contributed by atoms with Crippen molar-refractivity contribution < 1.29 is 4.39 Å². The molecule has 2 heterocycles. The van der Waals surface area contributed by atoms with E-state index in [4.69, 9.17) is 17.3 Å². The molecule has 3 rings (SSSR count). The van der Waals surface area contributed by atoms with E-state index in [1.54, 1.807) is 29.9 Å². The number of aromatic nitrogens is 3. The summed E-state index contributed by atoms with van der Waals surface area (Å²) in [6.07, 6.45) is 1.16. The van der Waals surface area contributed by atoms with Crippen molar-refractivity contribution in [2.75, 3.05) is 5.73 Å². The van der Waals surface area contributed by atoms with Gasteiger partial charge in [0.05, 0.1) is 17.5 Å². The van der Waals surface area contributed by atoms with Crippen LogP contribution in [0.5, 0.6) is 0 Å². The van der Waals surface area contributed by atoms with Crippen molar-refractivity contribution in [2.24, 2.45) is 7.05 Å². The first-order chi connectivity index (χ1) is 10.1. The van der Waals surface area contributed by atoms with Gasteiger partial charge in [0.15, 0.2) is 0 Å². The molecule has 0 bridgehead atoms. The quantitative estimate of drug-likeness (QED) is 0.788. The molecule has 0 aliphatic heterocycles. The molecule has 6 heteroatoms. The molecule has 21 heavy (non-hydrogen) atoms. The molecule has 3 aromatic rings. The second-order valence-corrected chi connectivity index (χ2v) is 5.04. The predicted molar refractivity (Wildman–Crippen MR) is 81.3 cm³/mol. The third kappa shape index (κ3) is 2.48. The smallest absolute Gasteiger partial charge is 0.141 e. The lowest BCUT2D eigenvalue weighted by atomic mass is 10.0. The van der Waals surface area contributed by atoms with Crippen LogP contribution >= 0.6 is 11.6 Å². The summed E-state index contributed by atoms with van der Waals surface area (Å²) < 4.78 is 14.6. The predicted octanol–water partition coefficient (Wildman–Crippen LogP) is 3.52. The molecule has 0 amide bonds. The van der Waals surface area contributed by atoms with E-state index in [1.807, 2.05) is 12.1 Å². The van der Waals surface area contributed by atoms with Crippen molar-refractivity contribution in [2.45, 2.75) is 0 Å². The van der Waals surface area contributed by atoms with Gasteiger partial charge in [-0.25, -0.2) is 4.39 Å². The molecule has 0 unspecified atom stereocenters. The van der Waals surface area contributed by atoms with Crippen LogP contribution in [-0.4, -0.2) is 14.8 Å². The number of nitrogens with two attached hydrogens (primary N) is 1. The molecule has 1 aromatic carbocycles. The Morgan fingerprint density at radius 2 is 1.86 bits per heavy atom. The summed E-state index contributed by atoms with van der Waals surface area (Å²) in [5, 5.41) is 5.02. The molecular weight excluding hydrogens is 291 g/mol. The molecule has 0 saturated carbocycles. The van der Waals surface area contributed by atoms with E-state index in [2.05, 4.69) is 10.1 Å². The van der Waals surface area contributed by atoms with Crippen LogP contribution in [0, 0.1) is 5.82 Å². The van der Waals surface area contributed by atoms with Crippen molar-refractivity contribution in [3.8, 4) is 22.5 Å². The van der Waals surface area contributed by atoms with Gasteiger partial charge in [0, 0.05) is 12.1 Å². The van der Waals surface area contributed by atoms with Crippen LogP contribution in [0.4, 0.5) is 10.2 Å². The average molecular weight is 303 g/mol. The van der Waals surface area contributed by atoms with Crippen LogP contribution in [0.2, 0.25) is 5.02 Å². The SMILES string of the molecule is Cn1nc(-c2ccc(F)cn2)c(-c2ccc(Cl)cc2)c1N. The van der Waals surface area contributed by atoms with Crippen molar-refractivity contribution in [1.82, 2.24) is 14.8 Å². The van der Waals surface area contributed by atoms with Crippen molar-refractivity contribution in [1.29, 1.82) is 0 Å². The van der Waals surface area contributed by atoms with Gasteiger partial charge in [-0.3, -0.25) is 9.67 Å². The van der Waals surface area contributed by atoms with Crippen LogP contribution in [0.25, 0.3) is 22.5 Å². The zero-order valence-electron chi connectivity index (χ0n) is 11.2. The molecule has 0 radical (unpaired) electrons. The van der Waals surface area contributed by atoms with Gasteiger partial charge in [-0.1, -0.05) is 23.7 Å². The Labute approximate surface area is 126 Å². The highest BCUT2D eigenvalue weighted by Gasteiger charge is 2.18. The number of halogens is 2. The van der Waals surface area contributed by atoms with E-state index >= 15 is 0 Å². The molecule has 0 fully saturated rings. The number of nitrogens with zero attached hydrogens (tertiary/aromatic N) is 3. The minimum absolute atomic E-state index is 0.393. The largest absolute Gasteiger partial charge is 0.383 e. The summed E-state index contributed by atoms with van der Waals surface area (Å²) in [5.41, 5.74) is 8.92. The Morgan fingerprint density at radius 1 is 1.14 bits per heavy atom. The highest BCUT2D eigenvalue weighted by Crippen LogP contribution is 2.35. The van der Waals surface area contributed by atoms with Gasteiger partial charge in [-0.2, -0.15) is 5.10 Å². The molecule has 0 aliphatic carbocycles. The molecule has 2 aromatic heterocycles. The number of aryl methyl sites for hydroxylation is 1. The Kier molecular flexibility index (Phi) is 3.35. The van der Waals surface area contributed by atoms with E-state index in [-0.39, 0.29) is 0 Å². The van der Waals surface area contributed by atoms with E-state index < -0.39 is 5.82 Å². The molecule has 4 nitrogen and oxygen atoms in total. The lowest BCUT2D eigenvalue weighted by molar-refractivity contribution is 0.621. The van der Waals surface area contributed by atoms with Gasteiger partial charge < -0.3 is 5.73 Å². The Balaban J connectivity index is 2.20. The van der Waals surface area contributed by atoms with Gasteiger partial charge in [0.1, 0.15) is 17.3 Å². The van der Waals surface area contributed by atoms with Gasteiger partial charge in [-0.15, -0.1) is 0 Å². The Morgan fingerprint density at radius 3 is 2.48 bits per heavy atom. The van der Waals surface area contributed by atoms with E-state index in [0.717, 1.165) is 17.3 Å². The number of hydrogen-bond donors (Lipinski definition) is 1. The van der Waals surface area contributed by atoms with E-state index in [9.17, 15) is 4.39 Å². The summed E-state index contributed by atoms with van der Waals surface area (Å²) in [6.45, 7) is 0. The summed E-state index contributed by atoms with van der Waals surface area (Å²) in [7, 11) is 1.75. The average Bonchev–Trinajstić information content (AvgIpc) is 2.77. The normalized spacial score (nSPS) is 10.8. The molecule has 106 valence electrons.